The highest BCUT2D eigenvalue weighted by molar-refractivity contribution is 7.92. The average Bonchev–Trinajstić information content (AvgIpc) is 3.14. The molecule has 0 radical (unpaired) electrons. The zero-order valence-corrected chi connectivity index (χ0v) is 18.6. The molecule has 1 aliphatic rings. The van der Waals surface area contributed by atoms with Crippen LogP contribution in [0.3, 0.4) is 0 Å². The molecule has 9 nitrogen and oxygen atoms in total. The second-order valence-corrected chi connectivity index (χ2v) is 9.22. The number of carboxylic acids is 1. The third-order valence-corrected chi connectivity index (χ3v) is 6.76. The van der Waals surface area contributed by atoms with E-state index in [1.165, 1.54) is 36.1 Å². The molecule has 0 spiro atoms. The van der Waals surface area contributed by atoms with Crippen molar-refractivity contribution in [1.82, 2.24) is 4.90 Å². The smallest absolute Gasteiger partial charge is 0.308 e. The van der Waals surface area contributed by atoms with Gasteiger partial charge in [-0.3, -0.25) is 19.1 Å². The fourth-order valence-corrected chi connectivity index (χ4v) is 4.64. The Hall–Kier alpha value is -3.40. The molecule has 32 heavy (non-hydrogen) atoms. The molecule has 170 valence electrons. The van der Waals surface area contributed by atoms with Gasteiger partial charge in [0, 0.05) is 38.7 Å². The van der Waals surface area contributed by atoms with Crippen molar-refractivity contribution >= 4 is 39.2 Å². The molecule has 0 aromatic heterocycles. The SMILES string of the molecule is CCN(Cc1ccccc1NS(=O)(=O)c1ccc(N2CC(C(=O)O)CC2=O)cc1)C(C)=O. The molecule has 0 bridgehead atoms. The Morgan fingerprint density at radius 3 is 2.38 bits per heavy atom. The molecule has 2 amide bonds. The lowest BCUT2D eigenvalue weighted by Gasteiger charge is -2.21. The lowest BCUT2D eigenvalue weighted by molar-refractivity contribution is -0.141. The Bertz CT molecular complexity index is 1130. The largest absolute Gasteiger partial charge is 0.481 e. The van der Waals surface area contributed by atoms with Crippen LogP contribution in [0.4, 0.5) is 11.4 Å². The van der Waals surface area contributed by atoms with E-state index in [2.05, 4.69) is 4.72 Å². The first-order valence-corrected chi connectivity index (χ1v) is 11.6. The maximum atomic E-state index is 12.9. The second kappa shape index (κ2) is 9.39. The summed E-state index contributed by atoms with van der Waals surface area (Å²) in [7, 11) is -3.93. The lowest BCUT2D eigenvalue weighted by Crippen LogP contribution is -2.28. The van der Waals surface area contributed by atoms with Gasteiger partial charge in [0.2, 0.25) is 11.8 Å². The van der Waals surface area contributed by atoms with E-state index < -0.39 is 21.9 Å². The summed E-state index contributed by atoms with van der Waals surface area (Å²) in [5, 5.41) is 9.12. The number of nitrogens with one attached hydrogen (secondary N) is 1. The zero-order valence-electron chi connectivity index (χ0n) is 17.8. The normalized spacial score (nSPS) is 16.1. The van der Waals surface area contributed by atoms with Gasteiger partial charge in [0.1, 0.15) is 0 Å². The van der Waals surface area contributed by atoms with Gasteiger partial charge in [0.15, 0.2) is 0 Å². The van der Waals surface area contributed by atoms with Crippen LogP contribution in [-0.2, 0) is 31.0 Å². The van der Waals surface area contributed by atoms with Crippen molar-refractivity contribution in [3.8, 4) is 0 Å². The molecule has 1 unspecified atom stereocenters. The van der Waals surface area contributed by atoms with Crippen LogP contribution in [0.25, 0.3) is 0 Å². The van der Waals surface area contributed by atoms with E-state index in [1.807, 2.05) is 6.92 Å². The summed E-state index contributed by atoms with van der Waals surface area (Å²) in [6, 6.07) is 12.6. The molecular weight excluding hydrogens is 434 g/mol. The Labute approximate surface area is 186 Å². The first kappa shape index (κ1) is 23.3. The van der Waals surface area contributed by atoms with Crippen LogP contribution >= 0.6 is 0 Å². The van der Waals surface area contributed by atoms with Gasteiger partial charge in [-0.15, -0.1) is 0 Å². The fourth-order valence-electron chi connectivity index (χ4n) is 3.54. The van der Waals surface area contributed by atoms with Crippen molar-refractivity contribution < 1.29 is 27.9 Å². The number of carbonyl (C=O) groups excluding carboxylic acids is 2. The maximum absolute atomic E-state index is 12.9. The first-order valence-electron chi connectivity index (χ1n) is 10.1. The van der Waals surface area contributed by atoms with E-state index in [0.29, 0.717) is 23.5 Å². The number of hydrogen-bond donors (Lipinski definition) is 2. The fraction of sp³-hybridized carbons (Fsp3) is 0.318. The summed E-state index contributed by atoms with van der Waals surface area (Å²) < 4.78 is 28.4. The predicted molar refractivity (Wildman–Crippen MR) is 119 cm³/mol. The molecule has 1 atom stereocenters. The number of benzene rings is 2. The number of carboxylic acid groups (broad SMARTS) is 1. The molecule has 0 saturated carbocycles. The van der Waals surface area contributed by atoms with E-state index >= 15 is 0 Å². The minimum atomic E-state index is -3.93. The van der Waals surface area contributed by atoms with Crippen LogP contribution in [0, 0.1) is 5.92 Å². The highest BCUT2D eigenvalue weighted by Gasteiger charge is 2.35. The second-order valence-electron chi connectivity index (χ2n) is 7.53. The molecule has 1 saturated heterocycles. The summed E-state index contributed by atoms with van der Waals surface area (Å²) in [6.07, 6.45) is -0.0806. The van der Waals surface area contributed by atoms with Gasteiger partial charge in [0.25, 0.3) is 10.0 Å². The van der Waals surface area contributed by atoms with E-state index in [1.54, 1.807) is 29.2 Å². The van der Waals surface area contributed by atoms with Gasteiger partial charge in [-0.25, -0.2) is 8.42 Å². The molecule has 1 heterocycles. The van der Waals surface area contributed by atoms with Crippen LogP contribution < -0.4 is 9.62 Å². The number of sulfonamides is 1. The van der Waals surface area contributed by atoms with E-state index in [-0.39, 0.29) is 36.2 Å². The molecule has 2 aromatic rings. The molecule has 2 N–H and O–H groups in total. The standard InChI is InChI=1S/C22H25N3O6S/c1-3-24(15(2)26)13-16-6-4-5-7-20(16)23-32(30,31)19-10-8-18(9-11-19)25-14-17(22(28)29)12-21(25)27/h4-11,17,23H,3,12-14H2,1-2H3,(H,28,29). The molecule has 3 rings (SSSR count). The summed E-state index contributed by atoms with van der Waals surface area (Å²) >= 11 is 0. The molecule has 10 heteroatoms. The molecule has 2 aromatic carbocycles. The number of amides is 2. The Balaban J connectivity index is 1.79. The van der Waals surface area contributed by atoms with Gasteiger partial charge in [-0.1, -0.05) is 18.2 Å². The van der Waals surface area contributed by atoms with Crippen molar-refractivity contribution in [2.24, 2.45) is 5.92 Å². The van der Waals surface area contributed by atoms with Crippen molar-refractivity contribution in [1.29, 1.82) is 0 Å². The molecular formula is C22H25N3O6S. The van der Waals surface area contributed by atoms with Crippen molar-refractivity contribution in [2.75, 3.05) is 22.7 Å². The number of aliphatic carboxylic acids is 1. The number of para-hydroxylation sites is 1. The first-order chi connectivity index (χ1) is 15.1. The third kappa shape index (κ3) is 5.08. The van der Waals surface area contributed by atoms with Gasteiger partial charge < -0.3 is 14.9 Å². The minimum absolute atomic E-state index is 0.00333. The van der Waals surface area contributed by atoms with Gasteiger partial charge in [-0.2, -0.15) is 0 Å². The summed E-state index contributed by atoms with van der Waals surface area (Å²) in [6.45, 7) is 4.12. The Morgan fingerprint density at radius 1 is 1.16 bits per heavy atom. The third-order valence-electron chi connectivity index (χ3n) is 5.38. The van der Waals surface area contributed by atoms with Crippen molar-refractivity contribution in [3.05, 3.63) is 54.1 Å². The summed E-state index contributed by atoms with van der Waals surface area (Å²) in [5.41, 5.74) is 1.47. The minimum Gasteiger partial charge on any atom is -0.481 e. The molecule has 1 fully saturated rings. The van der Waals surface area contributed by atoms with Gasteiger partial charge in [-0.05, 0) is 42.8 Å². The number of hydrogen-bond acceptors (Lipinski definition) is 5. The van der Waals surface area contributed by atoms with Gasteiger partial charge in [0.05, 0.1) is 16.5 Å². The zero-order chi connectivity index (χ0) is 23.5. The predicted octanol–water partition coefficient (Wildman–Crippen LogP) is 2.29. The van der Waals surface area contributed by atoms with Crippen molar-refractivity contribution in [3.63, 3.8) is 0 Å². The maximum Gasteiger partial charge on any atom is 0.308 e. The van der Waals surface area contributed by atoms with Crippen molar-refractivity contribution in [2.45, 2.75) is 31.7 Å². The highest BCUT2D eigenvalue weighted by Crippen LogP contribution is 2.27. The Morgan fingerprint density at radius 2 is 1.81 bits per heavy atom. The van der Waals surface area contributed by atoms with Gasteiger partial charge >= 0.3 is 5.97 Å². The van der Waals surface area contributed by atoms with E-state index in [0.717, 1.165) is 0 Å². The van der Waals surface area contributed by atoms with Crippen LogP contribution in [0.2, 0.25) is 0 Å². The molecule has 0 aliphatic carbocycles. The number of nitrogens with zero attached hydrogens (tertiary/aromatic N) is 2. The summed E-state index contributed by atoms with van der Waals surface area (Å²) in [4.78, 5) is 37.9. The summed E-state index contributed by atoms with van der Waals surface area (Å²) in [5.74, 6) is -2.23. The topological polar surface area (TPSA) is 124 Å². The quantitative estimate of drug-likeness (QED) is 0.624. The lowest BCUT2D eigenvalue weighted by atomic mass is 10.1. The van der Waals surface area contributed by atoms with E-state index in [4.69, 9.17) is 5.11 Å². The van der Waals surface area contributed by atoms with E-state index in [9.17, 15) is 22.8 Å². The van der Waals surface area contributed by atoms with Crippen LogP contribution in [0.5, 0.6) is 0 Å². The van der Waals surface area contributed by atoms with Crippen LogP contribution in [0.1, 0.15) is 25.8 Å². The molecule has 1 aliphatic heterocycles. The number of carbonyl (C=O) groups is 3. The Kier molecular flexibility index (Phi) is 6.83. The number of rotatable bonds is 8. The average molecular weight is 460 g/mol. The monoisotopic (exact) mass is 459 g/mol. The number of anilines is 2. The highest BCUT2D eigenvalue weighted by atomic mass is 32.2. The van der Waals surface area contributed by atoms with Crippen LogP contribution in [-0.4, -0.2) is 49.3 Å². The van der Waals surface area contributed by atoms with Crippen LogP contribution in [0.15, 0.2) is 53.4 Å².